The van der Waals surface area contributed by atoms with E-state index in [9.17, 15) is 31.4 Å². The van der Waals surface area contributed by atoms with Crippen molar-refractivity contribution in [3.8, 4) is 11.6 Å². The molecule has 31 heavy (non-hydrogen) atoms. The third-order valence-electron chi connectivity index (χ3n) is 5.40. The largest absolute Gasteiger partial charge is 0.426 e. The monoisotopic (exact) mass is 452 g/mol. The van der Waals surface area contributed by atoms with Gasteiger partial charge in [0.15, 0.2) is 5.69 Å². The molecule has 6 nitrogen and oxygen atoms in total. The van der Waals surface area contributed by atoms with E-state index in [1.807, 2.05) is 0 Å². The van der Waals surface area contributed by atoms with E-state index in [-0.39, 0.29) is 35.8 Å². The van der Waals surface area contributed by atoms with Crippen LogP contribution >= 0.6 is 0 Å². The molecule has 0 spiro atoms. The Morgan fingerprint density at radius 2 is 1.84 bits per heavy atom. The first kappa shape index (κ1) is 23.3. The van der Waals surface area contributed by atoms with Gasteiger partial charge in [-0.1, -0.05) is 26.2 Å². The van der Waals surface area contributed by atoms with Crippen molar-refractivity contribution in [1.29, 1.82) is 0 Å². The molecule has 172 valence electrons. The molecule has 0 radical (unpaired) electrons. The zero-order valence-corrected chi connectivity index (χ0v) is 16.9. The first-order valence-corrected chi connectivity index (χ1v) is 9.79. The van der Waals surface area contributed by atoms with Gasteiger partial charge in [-0.25, -0.2) is 4.98 Å². The molecular formula is C19H22F6N4O2. The number of aromatic nitrogens is 3. The summed E-state index contributed by atoms with van der Waals surface area (Å²) in [5, 5.41) is 19.8. The van der Waals surface area contributed by atoms with E-state index in [0.717, 1.165) is 6.07 Å². The third kappa shape index (κ3) is 4.63. The van der Waals surface area contributed by atoms with Crippen LogP contribution in [-0.4, -0.2) is 33.5 Å². The van der Waals surface area contributed by atoms with Crippen LogP contribution in [0.5, 0.6) is 0 Å². The van der Waals surface area contributed by atoms with Crippen LogP contribution in [0.1, 0.15) is 56.2 Å². The zero-order chi connectivity index (χ0) is 23.0. The highest BCUT2D eigenvalue weighted by molar-refractivity contribution is 5.69. The van der Waals surface area contributed by atoms with Crippen LogP contribution in [-0.2, 0) is 18.2 Å². The maximum absolute atomic E-state index is 13.6. The Morgan fingerprint density at radius 3 is 2.45 bits per heavy atom. The molecule has 0 saturated carbocycles. The number of nitrogens with zero attached hydrogens (tertiary/aromatic N) is 3. The molecule has 2 unspecified atom stereocenters. The average molecular weight is 452 g/mol. The van der Waals surface area contributed by atoms with Gasteiger partial charge in [-0.05, 0) is 31.2 Å². The number of rotatable bonds is 1. The van der Waals surface area contributed by atoms with Gasteiger partial charge in [0.05, 0.1) is 16.9 Å². The fraction of sp³-hybridized carbons (Fsp3) is 0.632. The second kappa shape index (κ2) is 8.29. The van der Waals surface area contributed by atoms with Crippen LogP contribution in [0.4, 0.5) is 32.0 Å². The molecule has 0 fully saturated rings. The Balaban J connectivity index is 2.21. The lowest BCUT2D eigenvalue weighted by Crippen LogP contribution is -2.42. The fourth-order valence-corrected chi connectivity index (χ4v) is 3.64. The molecule has 0 saturated heterocycles. The number of fused-ring (bicyclic) bond motifs is 5. The standard InChI is InChI=1S/C19H22F6N4O2/c1-10-6-4-3-5-7-17(30,19(23,24)25)16-29-28-15(31-16)14-13(26-2)9-11(18(20,21)22)12(8-10)27-14/h9-10,26,30H,3-8H2,1-2H3. The molecule has 0 aliphatic carbocycles. The highest BCUT2D eigenvalue weighted by atomic mass is 19.4. The van der Waals surface area contributed by atoms with Crippen LogP contribution in [0.15, 0.2) is 10.5 Å². The Bertz CT molecular complexity index is 927. The lowest BCUT2D eigenvalue weighted by molar-refractivity contribution is -0.277. The topological polar surface area (TPSA) is 84.1 Å². The van der Waals surface area contributed by atoms with E-state index in [4.69, 9.17) is 4.42 Å². The van der Waals surface area contributed by atoms with Crippen molar-refractivity contribution in [2.45, 2.75) is 63.4 Å². The summed E-state index contributed by atoms with van der Waals surface area (Å²) in [4.78, 5) is 4.06. The summed E-state index contributed by atoms with van der Waals surface area (Å²) in [7, 11) is 1.34. The summed E-state index contributed by atoms with van der Waals surface area (Å²) in [5.41, 5.74) is -4.90. The molecular weight excluding hydrogens is 430 g/mol. The average Bonchev–Trinajstić information content (AvgIpc) is 3.15. The van der Waals surface area contributed by atoms with Crippen molar-refractivity contribution in [1.82, 2.24) is 15.2 Å². The van der Waals surface area contributed by atoms with Gasteiger partial charge in [0.1, 0.15) is 0 Å². The molecule has 4 bridgehead atoms. The van der Waals surface area contributed by atoms with E-state index >= 15 is 0 Å². The van der Waals surface area contributed by atoms with Crippen LogP contribution in [0, 0.1) is 5.92 Å². The van der Waals surface area contributed by atoms with Gasteiger partial charge < -0.3 is 14.8 Å². The Hall–Kier alpha value is -2.37. The summed E-state index contributed by atoms with van der Waals surface area (Å²) in [6.45, 7) is 1.76. The Morgan fingerprint density at radius 1 is 1.13 bits per heavy atom. The molecule has 3 rings (SSSR count). The minimum absolute atomic E-state index is 0.0271. The number of pyridine rings is 1. The summed E-state index contributed by atoms with van der Waals surface area (Å²) >= 11 is 0. The smallest absolute Gasteiger partial charge is 0.416 e. The second-order valence-electron chi connectivity index (χ2n) is 7.81. The van der Waals surface area contributed by atoms with Gasteiger partial charge in [-0.3, -0.25) is 0 Å². The first-order valence-electron chi connectivity index (χ1n) is 9.79. The number of hydrogen-bond donors (Lipinski definition) is 2. The summed E-state index contributed by atoms with van der Waals surface area (Å²) in [6, 6.07) is 0.829. The van der Waals surface area contributed by atoms with Crippen molar-refractivity contribution >= 4 is 5.69 Å². The summed E-state index contributed by atoms with van der Waals surface area (Å²) in [5.74, 6) is -1.77. The fourth-order valence-electron chi connectivity index (χ4n) is 3.64. The van der Waals surface area contributed by atoms with Crippen LogP contribution in [0.2, 0.25) is 0 Å². The van der Waals surface area contributed by atoms with Gasteiger partial charge in [0.25, 0.3) is 11.8 Å². The minimum Gasteiger partial charge on any atom is -0.416 e. The molecule has 2 aromatic heterocycles. The van der Waals surface area contributed by atoms with Crippen molar-refractivity contribution in [3.63, 3.8) is 0 Å². The molecule has 2 N–H and O–H groups in total. The van der Waals surface area contributed by atoms with Crippen molar-refractivity contribution in [2.24, 2.45) is 5.92 Å². The lowest BCUT2D eigenvalue weighted by Gasteiger charge is -2.27. The van der Waals surface area contributed by atoms with Crippen molar-refractivity contribution in [3.05, 3.63) is 23.2 Å². The summed E-state index contributed by atoms with van der Waals surface area (Å²) in [6.07, 6.45) is -9.01. The molecule has 2 atom stereocenters. The van der Waals surface area contributed by atoms with E-state index in [2.05, 4.69) is 20.5 Å². The van der Waals surface area contributed by atoms with Crippen LogP contribution in [0.25, 0.3) is 11.6 Å². The number of aliphatic hydroxyl groups is 1. The minimum atomic E-state index is -5.08. The molecule has 3 heterocycles. The van der Waals surface area contributed by atoms with Gasteiger partial charge >= 0.3 is 12.4 Å². The number of alkyl halides is 6. The van der Waals surface area contributed by atoms with Gasteiger partial charge in [0, 0.05) is 7.05 Å². The SMILES string of the molecule is CNc1cc(C(F)(F)F)c2nc1-c1nnc(o1)C(O)(C(F)(F)F)CCCCCC(C)C2. The van der Waals surface area contributed by atoms with E-state index in [1.165, 1.54) is 7.05 Å². The highest BCUT2D eigenvalue weighted by Gasteiger charge is 2.58. The van der Waals surface area contributed by atoms with E-state index in [1.54, 1.807) is 6.92 Å². The maximum atomic E-state index is 13.6. The first-order chi connectivity index (χ1) is 14.4. The highest BCUT2D eigenvalue weighted by Crippen LogP contribution is 2.44. The molecule has 0 amide bonds. The number of hydrogen-bond acceptors (Lipinski definition) is 6. The number of anilines is 1. The number of halogens is 6. The third-order valence-corrected chi connectivity index (χ3v) is 5.40. The lowest BCUT2D eigenvalue weighted by atomic mass is 9.92. The molecule has 1 aliphatic heterocycles. The zero-order valence-electron chi connectivity index (χ0n) is 16.9. The van der Waals surface area contributed by atoms with E-state index in [0.29, 0.717) is 19.3 Å². The van der Waals surface area contributed by atoms with Crippen LogP contribution < -0.4 is 5.32 Å². The van der Waals surface area contributed by atoms with Gasteiger partial charge in [0.2, 0.25) is 5.60 Å². The van der Waals surface area contributed by atoms with Crippen LogP contribution in [0.3, 0.4) is 0 Å². The Kier molecular flexibility index (Phi) is 6.23. The van der Waals surface area contributed by atoms with Gasteiger partial charge in [-0.2, -0.15) is 26.3 Å². The quantitative estimate of drug-likeness (QED) is 0.587. The van der Waals surface area contributed by atoms with Crippen molar-refractivity contribution in [2.75, 3.05) is 12.4 Å². The second-order valence-corrected chi connectivity index (χ2v) is 7.81. The van der Waals surface area contributed by atoms with E-state index < -0.39 is 41.7 Å². The normalized spacial score (nSPS) is 23.3. The number of nitrogens with one attached hydrogen (secondary N) is 1. The Labute approximate surface area is 174 Å². The molecule has 12 heteroatoms. The molecule has 2 aromatic rings. The molecule has 0 aromatic carbocycles. The summed E-state index contributed by atoms with van der Waals surface area (Å²) < 4.78 is 86.9. The van der Waals surface area contributed by atoms with Crippen molar-refractivity contribution < 1.29 is 35.9 Å². The predicted molar refractivity (Wildman–Crippen MR) is 98.0 cm³/mol. The van der Waals surface area contributed by atoms with Gasteiger partial charge in [-0.15, -0.1) is 10.2 Å². The molecule has 1 aliphatic rings. The predicted octanol–water partition coefficient (Wildman–Crippen LogP) is 5.08. The maximum Gasteiger partial charge on any atom is 0.426 e.